The van der Waals surface area contributed by atoms with E-state index >= 15 is 0 Å². The topological polar surface area (TPSA) is 12.9 Å². The predicted molar refractivity (Wildman–Crippen MR) is 49.3 cm³/mol. The fraction of sp³-hybridized carbons (Fsp3) is 0.286. The Hall–Kier alpha value is -0.0300. The molecule has 66 valence electrons. The van der Waals surface area contributed by atoms with Gasteiger partial charge in [0.2, 0.25) is 0 Å². The van der Waals surface area contributed by atoms with E-state index in [0.29, 0.717) is 14.6 Å². The fourth-order valence-corrected chi connectivity index (χ4v) is 1.93. The van der Waals surface area contributed by atoms with Crippen LogP contribution in [0.2, 0.25) is 0 Å². The summed E-state index contributed by atoms with van der Waals surface area (Å²) in [6.07, 6.45) is -2.53. The molecule has 0 saturated carbocycles. The van der Waals surface area contributed by atoms with E-state index in [2.05, 4.69) is 36.8 Å². The second-order valence-electron chi connectivity index (χ2n) is 2.24. The Balaban J connectivity index is 3.28. The summed E-state index contributed by atoms with van der Waals surface area (Å²) >= 11 is 6.20. The molecule has 0 atom stereocenters. The summed E-state index contributed by atoms with van der Waals surface area (Å²) < 4.78 is 25.6. The third kappa shape index (κ3) is 2.01. The first kappa shape index (κ1) is 10.1. The molecule has 1 heterocycles. The zero-order valence-electron chi connectivity index (χ0n) is 6.11. The molecule has 0 aliphatic rings. The van der Waals surface area contributed by atoms with E-state index in [1.807, 2.05) is 0 Å². The van der Waals surface area contributed by atoms with Crippen LogP contribution in [0.1, 0.15) is 17.7 Å². The van der Waals surface area contributed by atoms with Crippen LogP contribution in [0.15, 0.2) is 15.1 Å². The van der Waals surface area contributed by atoms with Gasteiger partial charge in [-0.1, -0.05) is 15.9 Å². The first-order valence-corrected chi connectivity index (χ1v) is 4.71. The van der Waals surface area contributed by atoms with E-state index in [4.69, 9.17) is 0 Å². The Morgan fingerprint density at radius 3 is 2.50 bits per heavy atom. The van der Waals surface area contributed by atoms with Crippen molar-refractivity contribution in [2.75, 3.05) is 0 Å². The Morgan fingerprint density at radius 2 is 2.00 bits per heavy atom. The van der Waals surface area contributed by atoms with E-state index in [1.54, 1.807) is 13.0 Å². The molecular formula is C7H5Br2F2N. The molecular weight excluding hydrogens is 296 g/mol. The molecule has 5 heteroatoms. The van der Waals surface area contributed by atoms with E-state index in [9.17, 15) is 8.78 Å². The molecule has 1 rings (SSSR count). The third-order valence-corrected chi connectivity index (χ3v) is 2.65. The van der Waals surface area contributed by atoms with Crippen molar-refractivity contribution in [1.82, 2.24) is 4.98 Å². The number of hydrogen-bond acceptors (Lipinski definition) is 1. The van der Waals surface area contributed by atoms with Crippen LogP contribution in [0.3, 0.4) is 0 Å². The van der Waals surface area contributed by atoms with Crippen molar-refractivity contribution in [3.05, 3.63) is 26.4 Å². The fourth-order valence-electron chi connectivity index (χ4n) is 0.779. The first-order valence-electron chi connectivity index (χ1n) is 3.13. The van der Waals surface area contributed by atoms with Crippen LogP contribution in [0, 0.1) is 6.92 Å². The van der Waals surface area contributed by atoms with Crippen LogP contribution in [0.25, 0.3) is 0 Å². The second-order valence-corrected chi connectivity index (χ2v) is 3.90. The quantitative estimate of drug-likeness (QED) is 0.718. The number of pyridine rings is 1. The molecule has 0 aliphatic heterocycles. The Labute approximate surface area is 85.4 Å². The summed E-state index contributed by atoms with van der Waals surface area (Å²) in [5.74, 6) is 0. The SMILES string of the molecule is Cc1c(Br)cc(Br)nc1C(F)F. The van der Waals surface area contributed by atoms with E-state index in [-0.39, 0.29) is 5.69 Å². The maximum atomic E-state index is 12.3. The minimum absolute atomic E-state index is 0.184. The number of aromatic nitrogens is 1. The summed E-state index contributed by atoms with van der Waals surface area (Å²) in [4.78, 5) is 3.67. The van der Waals surface area contributed by atoms with Crippen molar-refractivity contribution in [2.24, 2.45) is 0 Å². The molecule has 0 unspecified atom stereocenters. The van der Waals surface area contributed by atoms with Gasteiger partial charge in [-0.15, -0.1) is 0 Å². The normalized spacial score (nSPS) is 10.8. The summed E-state index contributed by atoms with van der Waals surface area (Å²) in [6.45, 7) is 1.60. The lowest BCUT2D eigenvalue weighted by molar-refractivity contribution is 0.145. The molecule has 1 nitrogen and oxygen atoms in total. The molecule has 0 saturated heterocycles. The van der Waals surface area contributed by atoms with E-state index < -0.39 is 6.43 Å². The maximum Gasteiger partial charge on any atom is 0.280 e. The summed E-state index contributed by atoms with van der Waals surface area (Å²) in [6, 6.07) is 1.64. The van der Waals surface area contributed by atoms with Crippen LogP contribution in [-0.4, -0.2) is 4.98 Å². The Bertz CT molecular complexity index is 302. The molecule has 1 aromatic rings. The number of alkyl halides is 2. The maximum absolute atomic E-state index is 12.3. The molecule has 12 heavy (non-hydrogen) atoms. The van der Waals surface area contributed by atoms with E-state index in [1.165, 1.54) is 0 Å². The molecule has 0 N–H and O–H groups in total. The van der Waals surface area contributed by atoms with Gasteiger partial charge in [-0.05, 0) is 34.5 Å². The lowest BCUT2D eigenvalue weighted by atomic mass is 10.2. The van der Waals surface area contributed by atoms with Gasteiger partial charge >= 0.3 is 0 Å². The largest absolute Gasteiger partial charge is 0.280 e. The van der Waals surface area contributed by atoms with Crippen molar-refractivity contribution in [2.45, 2.75) is 13.3 Å². The van der Waals surface area contributed by atoms with Gasteiger partial charge in [-0.2, -0.15) is 0 Å². The third-order valence-electron chi connectivity index (χ3n) is 1.42. The molecule has 0 fully saturated rings. The van der Waals surface area contributed by atoms with Crippen LogP contribution >= 0.6 is 31.9 Å². The molecule has 0 spiro atoms. The van der Waals surface area contributed by atoms with Gasteiger partial charge in [-0.25, -0.2) is 13.8 Å². The highest BCUT2D eigenvalue weighted by Crippen LogP contribution is 2.28. The Morgan fingerprint density at radius 1 is 1.42 bits per heavy atom. The zero-order chi connectivity index (χ0) is 9.30. The smallest absolute Gasteiger partial charge is 0.240 e. The molecule has 0 aromatic carbocycles. The number of nitrogens with zero attached hydrogens (tertiary/aromatic N) is 1. The van der Waals surface area contributed by atoms with Crippen LogP contribution in [0.4, 0.5) is 8.78 Å². The predicted octanol–water partition coefficient (Wildman–Crippen LogP) is 3.85. The van der Waals surface area contributed by atoms with Crippen molar-refractivity contribution >= 4 is 31.9 Å². The summed E-state index contributed by atoms with van der Waals surface area (Å²) in [7, 11) is 0. The van der Waals surface area contributed by atoms with Crippen molar-refractivity contribution in [3.63, 3.8) is 0 Å². The van der Waals surface area contributed by atoms with Gasteiger partial charge < -0.3 is 0 Å². The second kappa shape index (κ2) is 3.79. The molecule has 0 radical (unpaired) electrons. The zero-order valence-corrected chi connectivity index (χ0v) is 9.29. The lowest BCUT2D eigenvalue weighted by Gasteiger charge is -2.05. The van der Waals surface area contributed by atoms with Gasteiger partial charge in [0.15, 0.2) is 0 Å². The highest BCUT2D eigenvalue weighted by molar-refractivity contribution is 9.11. The van der Waals surface area contributed by atoms with Crippen molar-refractivity contribution in [3.8, 4) is 0 Å². The lowest BCUT2D eigenvalue weighted by Crippen LogP contribution is -1.95. The number of rotatable bonds is 1. The average Bonchev–Trinajstić information content (AvgIpc) is 1.96. The molecule has 0 aliphatic carbocycles. The first-order chi connectivity index (χ1) is 5.52. The van der Waals surface area contributed by atoms with Crippen molar-refractivity contribution < 1.29 is 8.78 Å². The monoisotopic (exact) mass is 299 g/mol. The highest BCUT2D eigenvalue weighted by atomic mass is 79.9. The summed E-state index contributed by atoms with van der Waals surface area (Å²) in [5, 5.41) is 0. The number of hydrogen-bond donors (Lipinski definition) is 0. The van der Waals surface area contributed by atoms with Crippen LogP contribution in [-0.2, 0) is 0 Å². The van der Waals surface area contributed by atoms with Gasteiger partial charge in [-0.3, -0.25) is 0 Å². The minimum Gasteiger partial charge on any atom is -0.240 e. The van der Waals surface area contributed by atoms with Gasteiger partial charge in [0.05, 0.1) is 0 Å². The Kier molecular flexibility index (Phi) is 3.17. The van der Waals surface area contributed by atoms with E-state index in [0.717, 1.165) is 0 Å². The van der Waals surface area contributed by atoms with Crippen molar-refractivity contribution in [1.29, 1.82) is 0 Å². The summed E-state index contributed by atoms with van der Waals surface area (Å²) in [5.41, 5.74) is 0.296. The molecule has 0 bridgehead atoms. The van der Waals surface area contributed by atoms with Crippen LogP contribution < -0.4 is 0 Å². The van der Waals surface area contributed by atoms with Gasteiger partial charge in [0.25, 0.3) is 6.43 Å². The highest BCUT2D eigenvalue weighted by Gasteiger charge is 2.14. The van der Waals surface area contributed by atoms with Crippen LogP contribution in [0.5, 0.6) is 0 Å². The number of halogens is 4. The average molecular weight is 301 g/mol. The van der Waals surface area contributed by atoms with Gasteiger partial charge in [0.1, 0.15) is 10.3 Å². The van der Waals surface area contributed by atoms with Gasteiger partial charge in [0, 0.05) is 4.47 Å². The molecule has 1 aromatic heterocycles. The minimum atomic E-state index is -2.53. The standard InChI is InChI=1S/C7H5Br2F2N/c1-3-4(8)2-5(9)12-6(3)7(10)11/h2,7H,1H3. The molecule has 0 amide bonds.